The van der Waals surface area contributed by atoms with E-state index < -0.39 is 0 Å². The number of hydrogen-bond donors (Lipinski definition) is 1. The van der Waals surface area contributed by atoms with Gasteiger partial charge in [0.1, 0.15) is 0 Å². The van der Waals surface area contributed by atoms with Gasteiger partial charge in [0, 0.05) is 25.7 Å². The zero-order valence-electron chi connectivity index (χ0n) is 11.8. The maximum Gasteiger partial charge on any atom is 0.227 e. The fourth-order valence-electron chi connectivity index (χ4n) is 3.35. The molecule has 2 heterocycles. The summed E-state index contributed by atoms with van der Waals surface area (Å²) < 4.78 is 0. The zero-order chi connectivity index (χ0) is 13.4. The first kappa shape index (κ1) is 12.7. The van der Waals surface area contributed by atoms with E-state index in [-0.39, 0.29) is 0 Å². The van der Waals surface area contributed by atoms with Gasteiger partial charge in [-0.1, -0.05) is 18.2 Å². The third-order valence-electron chi connectivity index (χ3n) is 4.69. The third-order valence-corrected chi connectivity index (χ3v) is 4.69. The fraction of sp³-hybridized carbons (Fsp3) is 0.562. The molecule has 1 amide bonds. The molecular formula is C16H22N2O. The largest absolute Gasteiger partial charge is 0.338 e. The van der Waals surface area contributed by atoms with Gasteiger partial charge in [0.25, 0.3) is 0 Å². The number of amides is 1. The Morgan fingerprint density at radius 3 is 2.95 bits per heavy atom. The first-order valence-corrected chi connectivity index (χ1v) is 7.21. The van der Waals surface area contributed by atoms with Crippen molar-refractivity contribution in [1.82, 2.24) is 10.2 Å². The minimum absolute atomic E-state index is 0.291. The van der Waals surface area contributed by atoms with Crippen LogP contribution >= 0.6 is 0 Å². The van der Waals surface area contributed by atoms with Crippen molar-refractivity contribution in [3.63, 3.8) is 0 Å². The smallest absolute Gasteiger partial charge is 0.227 e. The molecule has 102 valence electrons. The number of carbonyl (C=O) groups is 1. The van der Waals surface area contributed by atoms with E-state index in [1.54, 1.807) is 0 Å². The fourth-order valence-corrected chi connectivity index (χ4v) is 3.35. The summed E-state index contributed by atoms with van der Waals surface area (Å²) in [5.41, 5.74) is 3.70. The van der Waals surface area contributed by atoms with Crippen molar-refractivity contribution >= 4 is 5.91 Å². The first-order valence-electron chi connectivity index (χ1n) is 7.21. The maximum atomic E-state index is 12.5. The average molecular weight is 258 g/mol. The lowest BCUT2D eigenvalue weighted by Crippen LogP contribution is -2.39. The van der Waals surface area contributed by atoms with Gasteiger partial charge in [-0.15, -0.1) is 0 Å². The molecule has 2 atom stereocenters. The Hall–Kier alpha value is -1.35. The van der Waals surface area contributed by atoms with Gasteiger partial charge in [-0.25, -0.2) is 0 Å². The summed E-state index contributed by atoms with van der Waals surface area (Å²) >= 11 is 0. The molecule has 0 aliphatic carbocycles. The molecule has 2 aliphatic heterocycles. The summed E-state index contributed by atoms with van der Waals surface area (Å²) in [7, 11) is 0. The van der Waals surface area contributed by atoms with Crippen LogP contribution in [0.15, 0.2) is 18.2 Å². The minimum Gasteiger partial charge on any atom is -0.338 e. The average Bonchev–Trinajstić information content (AvgIpc) is 2.95. The van der Waals surface area contributed by atoms with Gasteiger partial charge in [0.15, 0.2) is 0 Å². The van der Waals surface area contributed by atoms with Gasteiger partial charge in [-0.3, -0.25) is 4.79 Å². The molecule has 1 aromatic carbocycles. The number of nitrogens with one attached hydrogen (secondary N) is 1. The second-order valence-corrected chi connectivity index (χ2v) is 5.96. The van der Waals surface area contributed by atoms with Gasteiger partial charge >= 0.3 is 0 Å². The van der Waals surface area contributed by atoms with E-state index in [0.29, 0.717) is 24.3 Å². The maximum absolute atomic E-state index is 12.5. The Morgan fingerprint density at radius 1 is 1.32 bits per heavy atom. The van der Waals surface area contributed by atoms with Gasteiger partial charge in [0.2, 0.25) is 5.91 Å². The lowest BCUT2D eigenvalue weighted by molar-refractivity contribution is -0.131. The Labute approximate surface area is 115 Å². The number of aryl methyl sites for hydroxylation is 2. The van der Waals surface area contributed by atoms with E-state index in [9.17, 15) is 4.79 Å². The number of nitrogens with zero attached hydrogens (tertiary/aromatic N) is 1. The van der Waals surface area contributed by atoms with E-state index in [4.69, 9.17) is 0 Å². The summed E-state index contributed by atoms with van der Waals surface area (Å²) in [6.45, 7) is 7.22. The number of benzene rings is 1. The summed E-state index contributed by atoms with van der Waals surface area (Å²) in [5, 5.41) is 3.40. The monoisotopic (exact) mass is 258 g/mol. The van der Waals surface area contributed by atoms with Crippen molar-refractivity contribution in [3.8, 4) is 0 Å². The molecule has 2 fully saturated rings. The Bertz CT molecular complexity index is 498. The van der Waals surface area contributed by atoms with Crippen LogP contribution in [0.25, 0.3) is 0 Å². The highest BCUT2D eigenvalue weighted by Crippen LogP contribution is 2.27. The molecule has 0 unspecified atom stereocenters. The zero-order valence-corrected chi connectivity index (χ0v) is 11.8. The highest BCUT2D eigenvalue weighted by atomic mass is 16.2. The molecule has 2 aliphatic rings. The van der Waals surface area contributed by atoms with E-state index in [2.05, 4.69) is 42.3 Å². The molecule has 3 nitrogen and oxygen atoms in total. The lowest BCUT2D eigenvalue weighted by Gasteiger charge is -2.23. The van der Waals surface area contributed by atoms with Crippen LogP contribution in [0.4, 0.5) is 0 Å². The van der Waals surface area contributed by atoms with E-state index >= 15 is 0 Å². The van der Waals surface area contributed by atoms with Crippen molar-refractivity contribution in [2.24, 2.45) is 5.92 Å². The number of rotatable bonds is 2. The summed E-state index contributed by atoms with van der Waals surface area (Å²) in [4.78, 5) is 14.5. The van der Waals surface area contributed by atoms with Crippen LogP contribution in [-0.4, -0.2) is 36.5 Å². The van der Waals surface area contributed by atoms with Crippen molar-refractivity contribution in [1.29, 1.82) is 0 Å². The molecule has 19 heavy (non-hydrogen) atoms. The topological polar surface area (TPSA) is 32.3 Å². The van der Waals surface area contributed by atoms with Crippen LogP contribution in [0, 0.1) is 19.8 Å². The number of likely N-dealkylation sites (tertiary alicyclic amines) is 1. The first-order chi connectivity index (χ1) is 9.15. The summed E-state index contributed by atoms with van der Waals surface area (Å²) in [5.74, 6) is 0.975. The lowest BCUT2D eigenvalue weighted by atomic mass is 10.0. The van der Waals surface area contributed by atoms with E-state index in [1.807, 2.05) is 0 Å². The Morgan fingerprint density at radius 2 is 2.16 bits per heavy atom. The number of carbonyl (C=O) groups excluding carboxylic acids is 1. The van der Waals surface area contributed by atoms with Gasteiger partial charge in [0.05, 0.1) is 6.42 Å². The van der Waals surface area contributed by atoms with Crippen LogP contribution in [0.3, 0.4) is 0 Å². The van der Waals surface area contributed by atoms with Crippen LogP contribution in [0.2, 0.25) is 0 Å². The van der Waals surface area contributed by atoms with Crippen molar-refractivity contribution in [3.05, 3.63) is 34.9 Å². The molecule has 1 N–H and O–H groups in total. The number of fused-ring (bicyclic) bond motifs is 1. The van der Waals surface area contributed by atoms with Crippen molar-refractivity contribution in [2.45, 2.75) is 32.7 Å². The molecule has 3 rings (SSSR count). The molecule has 0 saturated carbocycles. The number of hydrogen-bond acceptors (Lipinski definition) is 2. The molecule has 0 aromatic heterocycles. The van der Waals surface area contributed by atoms with Gasteiger partial charge < -0.3 is 10.2 Å². The molecular weight excluding hydrogens is 236 g/mol. The normalized spacial score (nSPS) is 25.7. The van der Waals surface area contributed by atoms with E-state index in [0.717, 1.165) is 31.6 Å². The molecule has 0 spiro atoms. The van der Waals surface area contributed by atoms with Crippen molar-refractivity contribution < 1.29 is 4.79 Å². The van der Waals surface area contributed by atoms with Crippen LogP contribution < -0.4 is 5.32 Å². The van der Waals surface area contributed by atoms with Gasteiger partial charge in [-0.2, -0.15) is 0 Å². The highest BCUT2D eigenvalue weighted by molar-refractivity contribution is 5.79. The Balaban J connectivity index is 1.69. The van der Waals surface area contributed by atoms with Gasteiger partial charge in [-0.05, 0) is 42.9 Å². The predicted octanol–water partition coefficient (Wildman–Crippen LogP) is 1.67. The molecule has 3 heteroatoms. The standard InChI is InChI=1S/C16H22N2O/c1-11-3-4-13(7-12(11)2)8-16(19)18-6-5-14-9-17-10-15(14)18/h3-4,7,14-15,17H,5-6,8-10H2,1-2H3/t14-,15+/m0/s1. The predicted molar refractivity (Wildman–Crippen MR) is 76.1 cm³/mol. The van der Waals surface area contributed by atoms with Crippen molar-refractivity contribution in [2.75, 3.05) is 19.6 Å². The quantitative estimate of drug-likeness (QED) is 0.875. The highest BCUT2D eigenvalue weighted by Gasteiger charge is 2.39. The molecule has 1 aromatic rings. The second kappa shape index (κ2) is 4.97. The third kappa shape index (κ3) is 2.39. The summed E-state index contributed by atoms with van der Waals surface area (Å²) in [6, 6.07) is 6.79. The van der Waals surface area contributed by atoms with Crippen LogP contribution in [-0.2, 0) is 11.2 Å². The molecule has 0 radical (unpaired) electrons. The minimum atomic E-state index is 0.291. The SMILES string of the molecule is Cc1ccc(CC(=O)N2CC[C@H]3CNC[C@H]32)cc1C. The van der Waals surface area contributed by atoms with Crippen LogP contribution in [0.1, 0.15) is 23.1 Å². The summed E-state index contributed by atoms with van der Waals surface area (Å²) in [6.07, 6.45) is 1.71. The second-order valence-electron chi connectivity index (χ2n) is 5.96. The molecule has 2 saturated heterocycles. The van der Waals surface area contributed by atoms with Crippen LogP contribution in [0.5, 0.6) is 0 Å². The Kier molecular flexibility index (Phi) is 3.31. The molecule has 0 bridgehead atoms. The van der Waals surface area contributed by atoms with E-state index in [1.165, 1.54) is 11.1 Å².